The summed E-state index contributed by atoms with van der Waals surface area (Å²) >= 11 is 5.80. The second-order valence-corrected chi connectivity index (χ2v) is 10.4. The molecule has 0 saturated carbocycles. The largest absolute Gasteiger partial charge is 0.478 e. The summed E-state index contributed by atoms with van der Waals surface area (Å²) < 4.78 is 53.9. The number of aromatic carboxylic acids is 1. The molecular formula is C20H16ClNO6S2. The number of sulfonamides is 1. The van der Waals surface area contributed by atoms with Gasteiger partial charge >= 0.3 is 5.97 Å². The Kier molecular flexibility index (Phi) is 5.89. The quantitative estimate of drug-likeness (QED) is 0.568. The zero-order chi connectivity index (χ0) is 22.1. The predicted molar refractivity (Wildman–Crippen MR) is 112 cm³/mol. The maximum atomic E-state index is 12.9. The lowest BCUT2D eigenvalue weighted by molar-refractivity contribution is 0.0697. The van der Waals surface area contributed by atoms with Crippen LogP contribution in [0.2, 0.25) is 5.02 Å². The first-order chi connectivity index (χ1) is 14.0. The molecule has 2 N–H and O–H groups in total. The minimum absolute atomic E-state index is 0.0266. The normalized spacial score (nSPS) is 11.8. The molecule has 0 spiro atoms. The summed E-state index contributed by atoms with van der Waals surface area (Å²) in [5, 5.41) is 9.44. The summed E-state index contributed by atoms with van der Waals surface area (Å²) in [7, 11) is -8.16. The maximum absolute atomic E-state index is 12.9. The van der Waals surface area contributed by atoms with E-state index in [1.54, 1.807) is 0 Å². The Morgan fingerprint density at radius 1 is 0.900 bits per heavy atom. The lowest BCUT2D eigenvalue weighted by Gasteiger charge is -2.13. The standard InChI is InChI=1S/C20H16ClNO6S2/c1-13-5-8-18(29(25,26)17-9-6-15(21)7-10-17)12-19(13)30(27,28)22-16-4-2-3-14(11-16)20(23)24/h2-12,22H,1H3,(H,23,24). The van der Waals surface area contributed by atoms with Crippen LogP contribution >= 0.6 is 11.6 Å². The highest BCUT2D eigenvalue weighted by Gasteiger charge is 2.23. The Balaban J connectivity index is 2.03. The molecule has 30 heavy (non-hydrogen) atoms. The number of anilines is 1. The number of nitrogens with one attached hydrogen (secondary N) is 1. The maximum Gasteiger partial charge on any atom is 0.335 e. The fraction of sp³-hybridized carbons (Fsp3) is 0.0500. The van der Waals surface area contributed by atoms with Gasteiger partial charge in [0.25, 0.3) is 10.0 Å². The zero-order valence-corrected chi connectivity index (χ0v) is 17.9. The van der Waals surface area contributed by atoms with E-state index in [4.69, 9.17) is 16.7 Å². The Morgan fingerprint density at radius 2 is 1.53 bits per heavy atom. The molecule has 0 atom stereocenters. The number of sulfone groups is 1. The molecule has 3 aromatic rings. The average Bonchev–Trinajstić information content (AvgIpc) is 2.68. The summed E-state index contributed by atoms with van der Waals surface area (Å²) in [6.07, 6.45) is 0. The molecule has 10 heteroatoms. The molecule has 0 unspecified atom stereocenters. The van der Waals surface area contributed by atoms with E-state index in [0.29, 0.717) is 10.6 Å². The zero-order valence-electron chi connectivity index (χ0n) is 15.5. The van der Waals surface area contributed by atoms with E-state index in [1.807, 2.05) is 0 Å². The van der Waals surface area contributed by atoms with Crippen LogP contribution in [0.3, 0.4) is 0 Å². The van der Waals surface area contributed by atoms with E-state index < -0.39 is 25.8 Å². The Hall–Kier alpha value is -2.88. The highest BCUT2D eigenvalue weighted by molar-refractivity contribution is 7.93. The van der Waals surface area contributed by atoms with Gasteiger partial charge in [-0.05, 0) is 67.1 Å². The lowest BCUT2D eigenvalue weighted by atomic mass is 10.2. The van der Waals surface area contributed by atoms with Crippen molar-refractivity contribution >= 4 is 43.1 Å². The van der Waals surface area contributed by atoms with Crippen molar-refractivity contribution < 1.29 is 26.7 Å². The van der Waals surface area contributed by atoms with Crippen LogP contribution in [0.25, 0.3) is 0 Å². The molecule has 0 aliphatic rings. The van der Waals surface area contributed by atoms with Gasteiger partial charge in [0, 0.05) is 10.7 Å². The number of carboxylic acid groups (broad SMARTS) is 1. The molecule has 0 heterocycles. The number of rotatable bonds is 6. The first-order valence-electron chi connectivity index (χ1n) is 8.48. The predicted octanol–water partition coefficient (Wildman–Crippen LogP) is 3.98. The summed E-state index contributed by atoms with van der Waals surface area (Å²) in [5.74, 6) is -1.21. The van der Waals surface area contributed by atoms with Gasteiger partial charge in [0.05, 0.1) is 20.2 Å². The van der Waals surface area contributed by atoms with Gasteiger partial charge < -0.3 is 5.11 Å². The van der Waals surface area contributed by atoms with Crippen molar-refractivity contribution in [3.63, 3.8) is 0 Å². The molecule has 0 aliphatic heterocycles. The number of hydrogen-bond acceptors (Lipinski definition) is 5. The van der Waals surface area contributed by atoms with Gasteiger partial charge in [0.2, 0.25) is 9.84 Å². The Bertz CT molecular complexity index is 1330. The second-order valence-electron chi connectivity index (χ2n) is 6.38. The highest BCUT2D eigenvalue weighted by atomic mass is 35.5. The van der Waals surface area contributed by atoms with E-state index in [-0.39, 0.29) is 25.9 Å². The van der Waals surface area contributed by atoms with Gasteiger partial charge in [-0.25, -0.2) is 21.6 Å². The van der Waals surface area contributed by atoms with Crippen molar-refractivity contribution in [1.29, 1.82) is 0 Å². The van der Waals surface area contributed by atoms with Crippen LogP contribution in [0.5, 0.6) is 0 Å². The van der Waals surface area contributed by atoms with Gasteiger partial charge in [-0.2, -0.15) is 0 Å². The van der Waals surface area contributed by atoms with Crippen molar-refractivity contribution in [3.8, 4) is 0 Å². The van der Waals surface area contributed by atoms with Crippen LogP contribution in [0.15, 0.2) is 81.4 Å². The monoisotopic (exact) mass is 465 g/mol. The molecule has 156 valence electrons. The van der Waals surface area contributed by atoms with E-state index in [0.717, 1.165) is 6.07 Å². The van der Waals surface area contributed by atoms with E-state index in [1.165, 1.54) is 67.6 Å². The van der Waals surface area contributed by atoms with Crippen LogP contribution < -0.4 is 4.72 Å². The van der Waals surface area contributed by atoms with Gasteiger partial charge in [-0.3, -0.25) is 4.72 Å². The second kappa shape index (κ2) is 8.10. The number of hydrogen-bond donors (Lipinski definition) is 2. The average molecular weight is 466 g/mol. The highest BCUT2D eigenvalue weighted by Crippen LogP contribution is 2.27. The molecule has 0 radical (unpaired) electrons. The summed E-state index contributed by atoms with van der Waals surface area (Å²) in [4.78, 5) is 10.6. The minimum Gasteiger partial charge on any atom is -0.478 e. The van der Waals surface area contributed by atoms with E-state index >= 15 is 0 Å². The van der Waals surface area contributed by atoms with Crippen molar-refractivity contribution in [2.24, 2.45) is 0 Å². The summed E-state index contributed by atoms with van der Waals surface area (Å²) in [6.45, 7) is 1.53. The Morgan fingerprint density at radius 3 is 2.17 bits per heavy atom. The molecule has 0 bridgehead atoms. The minimum atomic E-state index is -4.19. The third-order valence-electron chi connectivity index (χ3n) is 4.25. The van der Waals surface area contributed by atoms with Crippen LogP contribution in [0, 0.1) is 6.92 Å². The van der Waals surface area contributed by atoms with Crippen LogP contribution in [-0.4, -0.2) is 27.9 Å². The van der Waals surface area contributed by atoms with Crippen molar-refractivity contribution in [1.82, 2.24) is 0 Å². The first-order valence-corrected chi connectivity index (χ1v) is 11.8. The van der Waals surface area contributed by atoms with Crippen molar-refractivity contribution in [3.05, 3.63) is 82.9 Å². The molecular weight excluding hydrogens is 450 g/mol. The molecule has 0 aromatic heterocycles. The number of halogens is 1. The van der Waals surface area contributed by atoms with Gasteiger partial charge in [0.15, 0.2) is 0 Å². The number of aryl methyl sites for hydroxylation is 1. The van der Waals surface area contributed by atoms with Crippen LogP contribution in [0.4, 0.5) is 5.69 Å². The first kappa shape index (κ1) is 21.8. The SMILES string of the molecule is Cc1ccc(S(=O)(=O)c2ccc(Cl)cc2)cc1S(=O)(=O)Nc1cccc(C(=O)O)c1. The molecule has 3 rings (SSSR count). The Labute approximate surface area is 178 Å². The molecule has 0 fully saturated rings. The molecule has 7 nitrogen and oxygen atoms in total. The molecule has 0 saturated heterocycles. The van der Waals surface area contributed by atoms with Gasteiger partial charge in [-0.15, -0.1) is 0 Å². The van der Waals surface area contributed by atoms with Crippen LogP contribution in [-0.2, 0) is 19.9 Å². The van der Waals surface area contributed by atoms with Gasteiger partial charge in [-0.1, -0.05) is 23.7 Å². The van der Waals surface area contributed by atoms with Crippen molar-refractivity contribution in [2.45, 2.75) is 21.6 Å². The van der Waals surface area contributed by atoms with Crippen molar-refractivity contribution in [2.75, 3.05) is 4.72 Å². The summed E-state index contributed by atoms with van der Waals surface area (Å²) in [6, 6.07) is 14.6. The molecule has 0 amide bonds. The summed E-state index contributed by atoms with van der Waals surface area (Å²) in [5.41, 5.74) is 0.276. The molecule has 0 aliphatic carbocycles. The smallest absolute Gasteiger partial charge is 0.335 e. The fourth-order valence-corrected chi connectivity index (χ4v) is 5.52. The third kappa shape index (κ3) is 4.48. The fourth-order valence-electron chi connectivity index (χ4n) is 2.71. The van der Waals surface area contributed by atoms with E-state index in [9.17, 15) is 21.6 Å². The lowest BCUT2D eigenvalue weighted by Crippen LogP contribution is -2.15. The van der Waals surface area contributed by atoms with Gasteiger partial charge in [0.1, 0.15) is 0 Å². The molecule has 3 aromatic carbocycles. The number of carboxylic acids is 1. The number of carbonyl (C=O) groups is 1. The van der Waals surface area contributed by atoms with E-state index in [2.05, 4.69) is 4.72 Å². The third-order valence-corrected chi connectivity index (χ3v) is 7.79. The topological polar surface area (TPSA) is 118 Å². The van der Waals surface area contributed by atoms with Crippen LogP contribution in [0.1, 0.15) is 15.9 Å². The number of benzene rings is 3.